The zero-order valence-electron chi connectivity index (χ0n) is 29.6. The topological polar surface area (TPSA) is 3.24 Å². The van der Waals surface area contributed by atoms with E-state index in [1.807, 2.05) is 0 Å². The Hall–Kier alpha value is -4.88. The fourth-order valence-electron chi connectivity index (χ4n) is 9.49. The number of aryl methyl sites for hydroxylation is 1. The normalized spacial score (nSPS) is 16.4. The predicted molar refractivity (Wildman–Crippen MR) is 212 cm³/mol. The highest BCUT2D eigenvalue weighted by Crippen LogP contribution is 2.54. The van der Waals surface area contributed by atoms with Crippen molar-refractivity contribution in [2.24, 2.45) is 0 Å². The number of para-hydroxylation sites is 1. The molecule has 0 aliphatic heterocycles. The third-order valence-electron chi connectivity index (χ3n) is 12.1. The Morgan fingerprint density at radius 3 is 2.06 bits per heavy atom. The molecule has 0 atom stereocenters. The first-order valence-corrected chi connectivity index (χ1v) is 19.0. The number of benzene rings is 6. The number of hydrogen-bond acceptors (Lipinski definition) is 1. The van der Waals surface area contributed by atoms with Gasteiger partial charge < -0.3 is 4.90 Å². The first-order valence-electron chi connectivity index (χ1n) is 19.0. The number of anilines is 3. The van der Waals surface area contributed by atoms with Crippen molar-refractivity contribution in [1.82, 2.24) is 0 Å². The fourth-order valence-corrected chi connectivity index (χ4v) is 9.49. The number of fused-ring (bicyclic) bond motifs is 4. The third kappa shape index (κ3) is 5.30. The lowest BCUT2D eigenvalue weighted by Crippen LogP contribution is -2.18. The van der Waals surface area contributed by atoms with E-state index in [1.165, 1.54) is 130 Å². The van der Waals surface area contributed by atoms with Gasteiger partial charge in [0.05, 0.1) is 0 Å². The molecule has 1 nitrogen and oxygen atoms in total. The molecule has 0 saturated heterocycles. The van der Waals surface area contributed by atoms with Crippen molar-refractivity contribution in [2.45, 2.75) is 83.0 Å². The van der Waals surface area contributed by atoms with E-state index in [9.17, 15) is 0 Å². The Balaban J connectivity index is 1.19. The van der Waals surface area contributed by atoms with Crippen molar-refractivity contribution in [3.05, 3.63) is 161 Å². The van der Waals surface area contributed by atoms with Crippen LogP contribution >= 0.6 is 0 Å². The largest absolute Gasteiger partial charge is 0.310 e. The van der Waals surface area contributed by atoms with Crippen LogP contribution in [0.4, 0.5) is 17.1 Å². The Kier molecular flexibility index (Phi) is 7.96. The summed E-state index contributed by atoms with van der Waals surface area (Å²) in [5.74, 6) is 0.598. The molecule has 0 unspecified atom stereocenters. The molecular formula is C49H47N. The van der Waals surface area contributed by atoms with Gasteiger partial charge in [0, 0.05) is 22.5 Å². The van der Waals surface area contributed by atoms with Crippen LogP contribution in [0.5, 0.6) is 0 Å². The van der Waals surface area contributed by atoms with Gasteiger partial charge >= 0.3 is 0 Å². The quantitative estimate of drug-likeness (QED) is 0.174. The van der Waals surface area contributed by atoms with Crippen LogP contribution in [0.25, 0.3) is 33.4 Å². The molecular weight excluding hydrogens is 603 g/mol. The van der Waals surface area contributed by atoms with E-state index in [0.29, 0.717) is 5.92 Å². The highest BCUT2D eigenvalue weighted by Gasteiger charge is 2.37. The Morgan fingerprint density at radius 1 is 0.520 bits per heavy atom. The summed E-state index contributed by atoms with van der Waals surface area (Å²) in [5.41, 5.74) is 19.1. The van der Waals surface area contributed by atoms with Crippen LogP contribution in [0, 0.1) is 0 Å². The van der Waals surface area contributed by atoms with Crippen molar-refractivity contribution in [2.75, 3.05) is 4.90 Å². The van der Waals surface area contributed by atoms with Gasteiger partial charge in [0.15, 0.2) is 0 Å². The zero-order valence-corrected chi connectivity index (χ0v) is 29.6. The van der Waals surface area contributed by atoms with Crippen LogP contribution in [0.2, 0.25) is 0 Å². The monoisotopic (exact) mass is 649 g/mol. The van der Waals surface area contributed by atoms with Gasteiger partial charge in [-0.1, -0.05) is 136 Å². The van der Waals surface area contributed by atoms with Gasteiger partial charge in [-0.2, -0.15) is 0 Å². The predicted octanol–water partition coefficient (Wildman–Crippen LogP) is 13.7. The van der Waals surface area contributed by atoms with Crippen molar-refractivity contribution in [3.63, 3.8) is 0 Å². The van der Waals surface area contributed by atoms with Gasteiger partial charge in [-0.05, 0) is 136 Å². The van der Waals surface area contributed by atoms with Crippen LogP contribution in [0.1, 0.15) is 92.5 Å². The molecule has 0 amide bonds. The Morgan fingerprint density at radius 2 is 1.22 bits per heavy atom. The second kappa shape index (κ2) is 12.8. The molecule has 1 fully saturated rings. The molecule has 3 aliphatic rings. The summed E-state index contributed by atoms with van der Waals surface area (Å²) in [7, 11) is 0. The van der Waals surface area contributed by atoms with Crippen molar-refractivity contribution in [3.8, 4) is 33.4 Å². The average Bonchev–Trinajstić information content (AvgIpc) is 3.41. The van der Waals surface area contributed by atoms with E-state index in [-0.39, 0.29) is 5.41 Å². The summed E-state index contributed by atoms with van der Waals surface area (Å²) in [6.07, 6.45) is 11.5. The minimum atomic E-state index is -0.115. The second-order valence-corrected chi connectivity index (χ2v) is 15.4. The van der Waals surface area contributed by atoms with E-state index in [2.05, 4.69) is 152 Å². The average molecular weight is 650 g/mol. The molecule has 6 aromatic rings. The molecule has 6 aromatic carbocycles. The van der Waals surface area contributed by atoms with E-state index in [4.69, 9.17) is 0 Å². The second-order valence-electron chi connectivity index (χ2n) is 15.4. The Labute approximate surface area is 298 Å². The summed E-state index contributed by atoms with van der Waals surface area (Å²) >= 11 is 0. The minimum Gasteiger partial charge on any atom is -0.310 e. The van der Waals surface area contributed by atoms with Gasteiger partial charge in [0.2, 0.25) is 0 Å². The summed E-state index contributed by atoms with van der Waals surface area (Å²) in [6, 6.07) is 50.7. The summed E-state index contributed by atoms with van der Waals surface area (Å²) in [5, 5.41) is 0. The lowest BCUT2D eigenvalue weighted by atomic mass is 9.81. The maximum atomic E-state index is 2.56. The maximum Gasteiger partial charge on any atom is 0.0496 e. The molecule has 50 heavy (non-hydrogen) atoms. The number of nitrogens with zero attached hydrogens (tertiary/aromatic N) is 1. The minimum absolute atomic E-state index is 0.115. The van der Waals surface area contributed by atoms with Crippen LogP contribution in [-0.4, -0.2) is 0 Å². The summed E-state index contributed by atoms with van der Waals surface area (Å²) < 4.78 is 0. The molecule has 0 spiro atoms. The van der Waals surface area contributed by atoms with Crippen LogP contribution < -0.4 is 4.90 Å². The van der Waals surface area contributed by atoms with Crippen LogP contribution in [-0.2, 0) is 18.3 Å². The van der Waals surface area contributed by atoms with Gasteiger partial charge in [-0.25, -0.2) is 0 Å². The lowest BCUT2D eigenvalue weighted by molar-refractivity contribution is 0.444. The number of rotatable bonds is 6. The summed E-state index contributed by atoms with van der Waals surface area (Å²) in [4.78, 5) is 2.56. The smallest absolute Gasteiger partial charge is 0.0496 e. The molecule has 1 heteroatoms. The van der Waals surface area contributed by atoms with Gasteiger partial charge in [0.25, 0.3) is 0 Å². The van der Waals surface area contributed by atoms with Crippen molar-refractivity contribution in [1.29, 1.82) is 0 Å². The first-order chi connectivity index (χ1) is 24.6. The highest BCUT2D eigenvalue weighted by molar-refractivity contribution is 5.94. The van der Waals surface area contributed by atoms with Crippen LogP contribution in [0.15, 0.2) is 133 Å². The number of hydrogen-bond donors (Lipinski definition) is 0. The van der Waals surface area contributed by atoms with Crippen molar-refractivity contribution < 1.29 is 0 Å². The molecule has 9 rings (SSSR count). The molecule has 1 saturated carbocycles. The lowest BCUT2D eigenvalue weighted by Gasteiger charge is -2.32. The molecule has 0 heterocycles. The van der Waals surface area contributed by atoms with E-state index >= 15 is 0 Å². The Bertz CT molecular complexity index is 2160. The standard InChI is InChI=1S/C49H47N/c1-49(2)45-25-14-24-43(36-17-7-4-8-18-36)48(45)44-32-31-39(33-46(44)49)50(47-26-12-11-22-42(47)35-15-5-3-6-16-35)38-29-27-37(28-30-38)41-23-13-20-34-19-9-10-21-40(34)41/h4,7-8,11-14,17-18,20,22-33,35H,3,5-6,9-10,15-16,19,21H2,1-2H3. The van der Waals surface area contributed by atoms with Gasteiger partial charge in [0.1, 0.15) is 0 Å². The molecule has 0 bridgehead atoms. The van der Waals surface area contributed by atoms with Crippen LogP contribution in [0.3, 0.4) is 0 Å². The first kappa shape index (κ1) is 31.1. The maximum absolute atomic E-state index is 2.56. The van der Waals surface area contributed by atoms with Gasteiger partial charge in [-0.3, -0.25) is 0 Å². The highest BCUT2D eigenvalue weighted by atomic mass is 15.1. The molecule has 0 N–H and O–H groups in total. The zero-order chi connectivity index (χ0) is 33.7. The fraction of sp³-hybridized carbons (Fsp3) is 0.265. The summed E-state index contributed by atoms with van der Waals surface area (Å²) in [6.45, 7) is 4.82. The SMILES string of the molecule is CC1(C)c2cc(N(c3ccc(-c4cccc5c4CCCC5)cc3)c3ccccc3C3CCCCC3)ccc2-c2c(-c3ccccc3)cccc21. The van der Waals surface area contributed by atoms with Gasteiger partial charge in [-0.15, -0.1) is 0 Å². The molecule has 0 aromatic heterocycles. The van der Waals surface area contributed by atoms with Crippen molar-refractivity contribution >= 4 is 17.1 Å². The third-order valence-corrected chi connectivity index (χ3v) is 12.1. The molecule has 248 valence electrons. The van der Waals surface area contributed by atoms with E-state index < -0.39 is 0 Å². The van der Waals surface area contributed by atoms with E-state index in [1.54, 1.807) is 5.56 Å². The molecule has 0 radical (unpaired) electrons. The molecule has 3 aliphatic carbocycles. The van der Waals surface area contributed by atoms with E-state index in [0.717, 1.165) is 0 Å².